The number of aliphatic hydroxyl groups is 4. The van der Waals surface area contributed by atoms with Gasteiger partial charge in [-0.1, -0.05) is 0 Å². The first-order valence-electron chi connectivity index (χ1n) is 7.84. The number of hydrogen-bond donors (Lipinski definition) is 4. The summed E-state index contributed by atoms with van der Waals surface area (Å²) in [7, 11) is 0. The molecule has 0 rings (SSSR count). The van der Waals surface area contributed by atoms with Crippen molar-refractivity contribution in [2.75, 3.05) is 39.5 Å². The van der Waals surface area contributed by atoms with Crippen molar-refractivity contribution in [2.24, 2.45) is 5.92 Å². The van der Waals surface area contributed by atoms with Crippen LogP contribution < -0.4 is 0 Å². The highest BCUT2D eigenvalue weighted by Crippen LogP contribution is 2.14. The molecule has 0 aromatic carbocycles. The third kappa shape index (κ3) is 9.09. The summed E-state index contributed by atoms with van der Waals surface area (Å²) in [4.78, 5) is 25.2. The molecular weight excluding hydrogens is 290 g/mol. The van der Waals surface area contributed by atoms with Crippen molar-refractivity contribution >= 4 is 11.7 Å². The van der Waals surface area contributed by atoms with Gasteiger partial charge in [-0.2, -0.15) is 0 Å². The zero-order valence-electron chi connectivity index (χ0n) is 13.1. The monoisotopic (exact) mass is 319 g/mol. The number of carbonyl (C=O) groups excluding carboxylic acids is 2. The molecule has 0 aliphatic carbocycles. The van der Waals surface area contributed by atoms with Gasteiger partial charge in [-0.25, -0.2) is 0 Å². The van der Waals surface area contributed by atoms with Gasteiger partial charge in [-0.3, -0.25) is 9.59 Å². The van der Waals surface area contributed by atoms with Gasteiger partial charge < -0.3 is 25.3 Å². The molecule has 1 amide bonds. The minimum atomic E-state index is -0.314. The van der Waals surface area contributed by atoms with E-state index in [2.05, 4.69) is 0 Å². The van der Waals surface area contributed by atoms with Gasteiger partial charge in [0.2, 0.25) is 5.91 Å². The minimum absolute atomic E-state index is 0.0121. The van der Waals surface area contributed by atoms with E-state index in [1.807, 2.05) is 0 Å². The predicted octanol–water partition coefficient (Wildman–Crippen LogP) is -0.690. The molecule has 0 bridgehead atoms. The Morgan fingerprint density at radius 2 is 1.27 bits per heavy atom. The second kappa shape index (κ2) is 13.6. The van der Waals surface area contributed by atoms with E-state index >= 15 is 0 Å². The second-order valence-electron chi connectivity index (χ2n) is 5.22. The van der Waals surface area contributed by atoms with E-state index in [0.29, 0.717) is 32.1 Å². The average molecular weight is 319 g/mol. The lowest BCUT2D eigenvalue weighted by molar-refractivity contribution is -0.132. The molecular formula is C15H29NO6. The Morgan fingerprint density at radius 1 is 0.773 bits per heavy atom. The van der Waals surface area contributed by atoms with Crippen molar-refractivity contribution < 1.29 is 30.0 Å². The van der Waals surface area contributed by atoms with Crippen molar-refractivity contribution in [3.63, 3.8) is 0 Å². The van der Waals surface area contributed by atoms with Gasteiger partial charge in [-0.15, -0.1) is 0 Å². The quantitative estimate of drug-likeness (QED) is 0.315. The van der Waals surface area contributed by atoms with E-state index in [1.165, 1.54) is 4.90 Å². The number of aliphatic hydroxyl groups excluding tert-OH is 4. The molecule has 0 saturated carbocycles. The molecule has 0 radical (unpaired) electrons. The molecule has 0 atom stereocenters. The predicted molar refractivity (Wildman–Crippen MR) is 81.1 cm³/mol. The number of amides is 1. The molecule has 0 aliphatic rings. The number of rotatable bonds is 14. The lowest BCUT2D eigenvalue weighted by Crippen LogP contribution is -2.35. The summed E-state index contributed by atoms with van der Waals surface area (Å²) in [5.41, 5.74) is 0. The maximum Gasteiger partial charge on any atom is 0.222 e. The zero-order chi connectivity index (χ0) is 16.8. The standard InChI is InChI=1S/C15H29NO6/c17-9-5-13(6-10-18)14(21)3-1-2-4-15(22)16(7-11-19)8-12-20/h13,17-20H,1-12H2. The van der Waals surface area contributed by atoms with Gasteiger partial charge >= 0.3 is 0 Å². The molecule has 7 heteroatoms. The number of unbranched alkanes of at least 4 members (excludes halogenated alkanes) is 1. The Morgan fingerprint density at radius 3 is 1.73 bits per heavy atom. The van der Waals surface area contributed by atoms with Crippen LogP contribution in [0.5, 0.6) is 0 Å². The third-order valence-corrected chi connectivity index (χ3v) is 3.57. The number of Topliss-reactive ketones (excluding diaryl/α,β-unsaturated/α-hetero) is 1. The summed E-state index contributed by atoms with van der Waals surface area (Å²) >= 11 is 0. The van der Waals surface area contributed by atoms with E-state index in [9.17, 15) is 9.59 Å². The molecule has 0 aliphatic heterocycles. The van der Waals surface area contributed by atoms with E-state index in [0.717, 1.165) is 0 Å². The number of hydrogen-bond acceptors (Lipinski definition) is 6. The average Bonchev–Trinajstić information content (AvgIpc) is 2.50. The van der Waals surface area contributed by atoms with Crippen molar-refractivity contribution in [1.29, 1.82) is 0 Å². The fourth-order valence-corrected chi connectivity index (χ4v) is 2.32. The van der Waals surface area contributed by atoms with Crippen LogP contribution in [0.3, 0.4) is 0 Å². The third-order valence-electron chi connectivity index (χ3n) is 3.57. The maximum absolute atomic E-state index is 11.9. The molecule has 7 nitrogen and oxygen atoms in total. The molecule has 0 unspecified atom stereocenters. The molecule has 0 saturated heterocycles. The molecule has 0 aromatic rings. The van der Waals surface area contributed by atoms with Crippen LogP contribution in [-0.4, -0.2) is 76.5 Å². The molecule has 0 heterocycles. The van der Waals surface area contributed by atoms with Crippen molar-refractivity contribution in [1.82, 2.24) is 4.90 Å². The Balaban J connectivity index is 4.03. The van der Waals surface area contributed by atoms with Crippen LogP contribution in [0.15, 0.2) is 0 Å². The summed E-state index contributed by atoms with van der Waals surface area (Å²) in [6.07, 6.45) is 2.46. The topological polar surface area (TPSA) is 118 Å². The van der Waals surface area contributed by atoms with Crippen molar-refractivity contribution in [3.8, 4) is 0 Å². The van der Waals surface area contributed by atoms with Gasteiger partial charge in [-0.05, 0) is 25.7 Å². The lowest BCUT2D eigenvalue weighted by atomic mass is 9.93. The van der Waals surface area contributed by atoms with E-state index < -0.39 is 0 Å². The first kappa shape index (κ1) is 21.0. The largest absolute Gasteiger partial charge is 0.396 e. The number of ketones is 1. The fraction of sp³-hybridized carbons (Fsp3) is 0.867. The van der Waals surface area contributed by atoms with Crippen LogP contribution in [0.2, 0.25) is 0 Å². The Labute approximate surface area is 131 Å². The van der Waals surface area contributed by atoms with Gasteiger partial charge in [0.05, 0.1) is 13.2 Å². The molecule has 0 spiro atoms. The SMILES string of the molecule is O=C(CCCCC(=O)N(CCO)CCO)C(CCO)CCO. The highest BCUT2D eigenvalue weighted by molar-refractivity contribution is 5.81. The maximum atomic E-state index is 11.9. The highest BCUT2D eigenvalue weighted by Gasteiger charge is 2.17. The lowest BCUT2D eigenvalue weighted by Gasteiger charge is -2.20. The van der Waals surface area contributed by atoms with Crippen LogP contribution >= 0.6 is 0 Å². The van der Waals surface area contributed by atoms with Gasteiger partial charge in [0, 0.05) is 45.1 Å². The summed E-state index contributed by atoms with van der Waals surface area (Å²) in [5, 5.41) is 35.5. The van der Waals surface area contributed by atoms with Gasteiger partial charge in [0.25, 0.3) is 0 Å². The van der Waals surface area contributed by atoms with Crippen LogP contribution in [0.1, 0.15) is 38.5 Å². The van der Waals surface area contributed by atoms with E-state index in [-0.39, 0.29) is 63.5 Å². The van der Waals surface area contributed by atoms with Crippen LogP contribution in [0, 0.1) is 5.92 Å². The number of carbonyl (C=O) groups is 2. The molecule has 4 N–H and O–H groups in total. The zero-order valence-corrected chi connectivity index (χ0v) is 13.1. The Bertz CT molecular complexity index is 268. The highest BCUT2D eigenvalue weighted by atomic mass is 16.3. The normalized spacial score (nSPS) is 11.0. The van der Waals surface area contributed by atoms with Crippen LogP contribution in [0.4, 0.5) is 0 Å². The Kier molecular flexibility index (Phi) is 13.0. The van der Waals surface area contributed by atoms with Crippen LogP contribution in [-0.2, 0) is 9.59 Å². The summed E-state index contributed by atoms with van der Waals surface area (Å²) in [5.74, 6) is -0.443. The first-order chi connectivity index (χ1) is 10.6. The first-order valence-corrected chi connectivity index (χ1v) is 7.84. The van der Waals surface area contributed by atoms with Gasteiger partial charge in [0.1, 0.15) is 5.78 Å². The molecule has 130 valence electrons. The molecule has 0 aromatic heterocycles. The summed E-state index contributed by atoms with van der Waals surface area (Å²) < 4.78 is 0. The number of nitrogens with zero attached hydrogens (tertiary/aromatic N) is 1. The van der Waals surface area contributed by atoms with E-state index in [1.54, 1.807) is 0 Å². The Hall–Kier alpha value is -1.02. The minimum Gasteiger partial charge on any atom is -0.396 e. The smallest absolute Gasteiger partial charge is 0.222 e. The summed E-state index contributed by atoms with van der Waals surface area (Å²) in [6.45, 7) is -0.0401. The van der Waals surface area contributed by atoms with Crippen molar-refractivity contribution in [3.05, 3.63) is 0 Å². The fourth-order valence-electron chi connectivity index (χ4n) is 2.32. The summed E-state index contributed by atoms with van der Waals surface area (Å²) in [6, 6.07) is 0. The van der Waals surface area contributed by atoms with Gasteiger partial charge in [0.15, 0.2) is 0 Å². The van der Waals surface area contributed by atoms with E-state index in [4.69, 9.17) is 20.4 Å². The molecule has 0 fully saturated rings. The molecule has 22 heavy (non-hydrogen) atoms. The van der Waals surface area contributed by atoms with Crippen molar-refractivity contribution in [2.45, 2.75) is 38.5 Å². The van der Waals surface area contributed by atoms with Crippen LogP contribution in [0.25, 0.3) is 0 Å². The second-order valence-corrected chi connectivity index (χ2v) is 5.22.